The van der Waals surface area contributed by atoms with Crippen molar-refractivity contribution in [3.8, 4) is 0 Å². The van der Waals surface area contributed by atoms with E-state index in [9.17, 15) is 22.8 Å². The molecule has 0 saturated carbocycles. The van der Waals surface area contributed by atoms with Gasteiger partial charge in [0, 0.05) is 51.0 Å². The SMILES string of the molecule is O=C(CN1CCOC1=O)N1CCC[C@H](N2CCN(c3cccc(C(F)(F)F)c3)CC2)C1. The molecule has 0 N–H and O–H groups in total. The fourth-order valence-corrected chi connectivity index (χ4v) is 4.54. The Morgan fingerprint density at radius 2 is 1.87 bits per heavy atom. The van der Waals surface area contributed by atoms with E-state index in [0.717, 1.165) is 32.0 Å². The zero-order valence-electron chi connectivity index (χ0n) is 17.3. The summed E-state index contributed by atoms with van der Waals surface area (Å²) < 4.78 is 43.9. The van der Waals surface area contributed by atoms with Gasteiger partial charge < -0.3 is 14.5 Å². The fraction of sp³-hybridized carbons (Fsp3) is 0.619. The lowest BCUT2D eigenvalue weighted by Crippen LogP contribution is -2.56. The maximum Gasteiger partial charge on any atom is 0.416 e. The van der Waals surface area contributed by atoms with Gasteiger partial charge in [-0.1, -0.05) is 6.07 Å². The highest BCUT2D eigenvalue weighted by Crippen LogP contribution is 2.32. The highest BCUT2D eigenvalue weighted by atomic mass is 19.4. The Kier molecular flexibility index (Phi) is 6.27. The number of ether oxygens (including phenoxy) is 1. The molecule has 4 rings (SSSR count). The number of likely N-dealkylation sites (tertiary alicyclic amines) is 1. The third-order valence-electron chi connectivity index (χ3n) is 6.29. The second-order valence-corrected chi connectivity index (χ2v) is 8.24. The van der Waals surface area contributed by atoms with Crippen molar-refractivity contribution in [3.63, 3.8) is 0 Å². The number of benzene rings is 1. The van der Waals surface area contributed by atoms with Crippen LogP contribution >= 0.6 is 0 Å². The molecule has 3 heterocycles. The molecule has 1 aromatic rings. The highest BCUT2D eigenvalue weighted by molar-refractivity contribution is 5.83. The molecule has 3 saturated heterocycles. The van der Waals surface area contributed by atoms with E-state index in [-0.39, 0.29) is 18.5 Å². The quantitative estimate of drug-likeness (QED) is 0.719. The number of anilines is 1. The molecular weight excluding hydrogens is 413 g/mol. The maximum absolute atomic E-state index is 13.0. The van der Waals surface area contributed by atoms with Crippen molar-refractivity contribution in [2.75, 3.05) is 63.9 Å². The lowest BCUT2D eigenvalue weighted by Gasteiger charge is -2.44. The van der Waals surface area contributed by atoms with E-state index >= 15 is 0 Å². The number of nitrogens with zero attached hydrogens (tertiary/aromatic N) is 4. The van der Waals surface area contributed by atoms with Gasteiger partial charge in [-0.25, -0.2) is 4.79 Å². The van der Waals surface area contributed by atoms with Gasteiger partial charge in [-0.3, -0.25) is 14.6 Å². The number of hydrogen-bond donors (Lipinski definition) is 0. The molecule has 2 amide bonds. The molecule has 1 aromatic carbocycles. The average molecular weight is 440 g/mol. The first-order valence-corrected chi connectivity index (χ1v) is 10.7. The first-order chi connectivity index (χ1) is 14.8. The Morgan fingerprint density at radius 1 is 1.10 bits per heavy atom. The van der Waals surface area contributed by atoms with Crippen molar-refractivity contribution in [3.05, 3.63) is 29.8 Å². The summed E-state index contributed by atoms with van der Waals surface area (Å²) in [4.78, 5) is 31.8. The van der Waals surface area contributed by atoms with E-state index in [1.165, 1.54) is 17.0 Å². The summed E-state index contributed by atoms with van der Waals surface area (Å²) in [6.07, 6.45) is -2.90. The molecule has 0 unspecified atom stereocenters. The summed E-state index contributed by atoms with van der Waals surface area (Å²) in [6, 6.07) is 5.70. The van der Waals surface area contributed by atoms with Crippen molar-refractivity contribution in [2.24, 2.45) is 0 Å². The molecule has 0 aromatic heterocycles. The minimum Gasteiger partial charge on any atom is -0.448 e. The first-order valence-electron chi connectivity index (χ1n) is 10.7. The molecule has 3 fully saturated rings. The summed E-state index contributed by atoms with van der Waals surface area (Å²) in [5.74, 6) is -0.0637. The summed E-state index contributed by atoms with van der Waals surface area (Å²) in [7, 11) is 0. The number of carbonyl (C=O) groups is 2. The van der Waals surface area contributed by atoms with Gasteiger partial charge in [0.05, 0.1) is 12.1 Å². The topological polar surface area (TPSA) is 56.3 Å². The zero-order valence-corrected chi connectivity index (χ0v) is 17.3. The minimum absolute atomic E-state index is 0.0505. The normalized spacial score (nSPS) is 23.3. The summed E-state index contributed by atoms with van der Waals surface area (Å²) >= 11 is 0. The van der Waals surface area contributed by atoms with Crippen LogP contribution < -0.4 is 4.90 Å². The van der Waals surface area contributed by atoms with Crippen LogP contribution in [-0.2, 0) is 15.7 Å². The number of halogens is 3. The number of alkyl halides is 3. The van der Waals surface area contributed by atoms with Gasteiger partial charge in [-0.2, -0.15) is 13.2 Å². The standard InChI is InChI=1S/C21H27F3N4O3/c22-21(23,24)16-3-1-4-17(13-16)25-7-9-26(10-8-25)18-5-2-6-27(14-18)19(29)15-28-11-12-31-20(28)30/h1,3-4,13,18H,2,5-12,14-15H2/t18-/m0/s1. The maximum atomic E-state index is 13.0. The second kappa shape index (κ2) is 8.94. The lowest BCUT2D eigenvalue weighted by atomic mass is 10.0. The minimum atomic E-state index is -4.35. The predicted molar refractivity (Wildman–Crippen MR) is 108 cm³/mol. The van der Waals surface area contributed by atoms with Crippen molar-refractivity contribution in [1.29, 1.82) is 0 Å². The van der Waals surface area contributed by atoms with E-state index in [1.807, 2.05) is 9.80 Å². The van der Waals surface area contributed by atoms with Crippen LogP contribution in [0.4, 0.5) is 23.7 Å². The van der Waals surface area contributed by atoms with E-state index < -0.39 is 17.8 Å². The summed E-state index contributed by atoms with van der Waals surface area (Å²) in [6.45, 7) is 4.88. The van der Waals surface area contributed by atoms with Crippen LogP contribution in [0.25, 0.3) is 0 Å². The van der Waals surface area contributed by atoms with Crippen LogP contribution in [0.3, 0.4) is 0 Å². The van der Waals surface area contributed by atoms with Crippen LogP contribution in [0.5, 0.6) is 0 Å². The Bertz CT molecular complexity index is 811. The van der Waals surface area contributed by atoms with Gasteiger partial charge in [-0.05, 0) is 31.0 Å². The monoisotopic (exact) mass is 440 g/mol. The molecule has 0 radical (unpaired) electrons. The molecule has 1 atom stereocenters. The van der Waals surface area contributed by atoms with Crippen LogP contribution in [-0.4, -0.2) is 91.7 Å². The van der Waals surface area contributed by atoms with Crippen LogP contribution in [0.1, 0.15) is 18.4 Å². The van der Waals surface area contributed by atoms with E-state index in [4.69, 9.17) is 4.74 Å². The highest BCUT2D eigenvalue weighted by Gasteiger charge is 2.33. The van der Waals surface area contributed by atoms with Crippen LogP contribution in [0.15, 0.2) is 24.3 Å². The van der Waals surface area contributed by atoms with E-state index in [1.54, 1.807) is 6.07 Å². The first kappa shape index (κ1) is 21.7. The average Bonchev–Trinajstić information content (AvgIpc) is 3.18. The summed E-state index contributed by atoms with van der Waals surface area (Å²) in [5, 5.41) is 0. The van der Waals surface area contributed by atoms with E-state index in [2.05, 4.69) is 4.90 Å². The molecule has 7 nitrogen and oxygen atoms in total. The number of hydrogen-bond acceptors (Lipinski definition) is 5. The van der Waals surface area contributed by atoms with Gasteiger partial charge in [0.25, 0.3) is 0 Å². The number of piperidine rings is 1. The van der Waals surface area contributed by atoms with Gasteiger partial charge in [0.2, 0.25) is 5.91 Å². The summed E-state index contributed by atoms with van der Waals surface area (Å²) in [5.41, 5.74) is -0.0387. The number of piperazine rings is 1. The molecule has 31 heavy (non-hydrogen) atoms. The van der Waals surface area contributed by atoms with Gasteiger partial charge >= 0.3 is 12.3 Å². The molecule has 0 aliphatic carbocycles. The number of carbonyl (C=O) groups excluding carboxylic acids is 2. The largest absolute Gasteiger partial charge is 0.448 e. The predicted octanol–water partition coefficient (Wildman–Crippen LogP) is 2.27. The smallest absolute Gasteiger partial charge is 0.416 e. The van der Waals surface area contributed by atoms with Crippen molar-refractivity contribution < 1.29 is 27.5 Å². The third-order valence-corrected chi connectivity index (χ3v) is 6.29. The molecule has 10 heteroatoms. The molecule has 0 bridgehead atoms. The van der Waals surface area contributed by atoms with Crippen LogP contribution in [0.2, 0.25) is 0 Å². The molecule has 0 spiro atoms. The van der Waals surface area contributed by atoms with Crippen molar-refractivity contribution >= 4 is 17.7 Å². The molecule has 3 aliphatic rings. The Morgan fingerprint density at radius 3 is 2.55 bits per heavy atom. The van der Waals surface area contributed by atoms with Gasteiger partial charge in [0.1, 0.15) is 13.2 Å². The Balaban J connectivity index is 1.30. The molecule has 3 aliphatic heterocycles. The number of rotatable bonds is 4. The van der Waals surface area contributed by atoms with Gasteiger partial charge in [0.15, 0.2) is 0 Å². The van der Waals surface area contributed by atoms with Crippen molar-refractivity contribution in [1.82, 2.24) is 14.7 Å². The van der Waals surface area contributed by atoms with E-state index in [0.29, 0.717) is 45.0 Å². The Hall–Kier alpha value is -2.49. The van der Waals surface area contributed by atoms with Crippen molar-refractivity contribution in [2.45, 2.75) is 25.1 Å². The molecule has 170 valence electrons. The lowest BCUT2D eigenvalue weighted by molar-refractivity contribution is -0.137. The zero-order chi connectivity index (χ0) is 22.0. The fourth-order valence-electron chi connectivity index (χ4n) is 4.54. The second-order valence-electron chi connectivity index (χ2n) is 8.24. The number of cyclic esters (lactones) is 1. The van der Waals surface area contributed by atoms with Gasteiger partial charge in [-0.15, -0.1) is 0 Å². The van der Waals surface area contributed by atoms with Crippen LogP contribution in [0, 0.1) is 0 Å². The Labute approximate surface area is 179 Å². The number of amides is 2. The molecular formula is C21H27F3N4O3. The third kappa shape index (κ3) is 5.06.